The molecule has 1 amide bonds. The minimum Gasteiger partial charge on any atom is -0.481 e. The molecule has 0 aliphatic heterocycles. The van der Waals surface area contributed by atoms with Crippen molar-refractivity contribution in [3.05, 3.63) is 95.4 Å². The van der Waals surface area contributed by atoms with Gasteiger partial charge in [-0.1, -0.05) is 42.5 Å². The van der Waals surface area contributed by atoms with Gasteiger partial charge in [0, 0.05) is 12.6 Å². The molecule has 3 N–H and O–H groups in total. The maximum Gasteiger partial charge on any atom is 0.416 e. The van der Waals surface area contributed by atoms with Gasteiger partial charge in [-0.05, 0) is 48.2 Å². The second-order valence-electron chi connectivity index (χ2n) is 8.05. The Morgan fingerprint density at radius 3 is 2.31 bits per heavy atom. The first kappa shape index (κ1) is 26.4. The molecule has 2 aromatic heterocycles. The largest absolute Gasteiger partial charge is 0.481 e. The van der Waals surface area contributed by atoms with Gasteiger partial charge in [0.05, 0.1) is 18.0 Å². The number of aromatic nitrogens is 3. The zero-order valence-corrected chi connectivity index (χ0v) is 19.2. The molecule has 2 aromatic carbocycles. The van der Waals surface area contributed by atoms with Gasteiger partial charge in [-0.2, -0.15) is 13.2 Å². The Morgan fingerprint density at radius 1 is 1.03 bits per heavy atom. The summed E-state index contributed by atoms with van der Waals surface area (Å²) in [6, 6.07) is 18.0. The van der Waals surface area contributed by atoms with Crippen molar-refractivity contribution in [3.8, 4) is 0 Å². The van der Waals surface area contributed by atoms with Crippen LogP contribution < -0.4 is 5.73 Å². The van der Waals surface area contributed by atoms with Gasteiger partial charge in [-0.25, -0.2) is 9.97 Å². The molecule has 1 atom stereocenters. The summed E-state index contributed by atoms with van der Waals surface area (Å²) >= 11 is 0. The second kappa shape index (κ2) is 12.0. The first-order valence-corrected chi connectivity index (χ1v) is 11.1. The number of rotatable bonds is 8. The van der Waals surface area contributed by atoms with E-state index in [1.807, 2.05) is 41.0 Å². The Bertz CT molecular complexity index is 1290. The zero-order chi connectivity index (χ0) is 26.1. The number of carboxylic acid groups (broad SMARTS) is 1. The number of carbonyl (C=O) groups is 2. The fourth-order valence-corrected chi connectivity index (χ4v) is 3.86. The summed E-state index contributed by atoms with van der Waals surface area (Å²) in [7, 11) is 0. The molecule has 4 rings (SSSR count). The van der Waals surface area contributed by atoms with Crippen molar-refractivity contribution < 1.29 is 27.9 Å². The van der Waals surface area contributed by atoms with Crippen LogP contribution in [-0.4, -0.2) is 32.0 Å². The summed E-state index contributed by atoms with van der Waals surface area (Å²) in [5.41, 5.74) is 6.36. The van der Waals surface area contributed by atoms with Crippen LogP contribution in [0.1, 0.15) is 28.9 Å². The van der Waals surface area contributed by atoms with Gasteiger partial charge in [0.15, 0.2) is 5.65 Å². The molecule has 0 saturated carbocycles. The van der Waals surface area contributed by atoms with E-state index in [-0.39, 0.29) is 13.0 Å². The number of pyridine rings is 1. The van der Waals surface area contributed by atoms with Crippen molar-refractivity contribution in [2.45, 2.75) is 32.0 Å². The van der Waals surface area contributed by atoms with Crippen molar-refractivity contribution in [1.82, 2.24) is 14.5 Å². The fourth-order valence-electron chi connectivity index (χ4n) is 3.86. The number of primary amides is 1. The van der Waals surface area contributed by atoms with Crippen molar-refractivity contribution in [3.63, 3.8) is 0 Å². The topological polar surface area (TPSA) is 111 Å². The van der Waals surface area contributed by atoms with Gasteiger partial charge < -0.3 is 15.4 Å². The lowest BCUT2D eigenvalue weighted by Gasteiger charge is -2.14. The van der Waals surface area contributed by atoms with Gasteiger partial charge in [-0.3, -0.25) is 9.59 Å². The average Bonchev–Trinajstić information content (AvgIpc) is 3.20. The van der Waals surface area contributed by atoms with Crippen LogP contribution in [0.4, 0.5) is 13.2 Å². The first-order valence-electron chi connectivity index (χ1n) is 11.1. The van der Waals surface area contributed by atoms with Crippen LogP contribution in [0.2, 0.25) is 0 Å². The van der Waals surface area contributed by atoms with Crippen LogP contribution in [0, 0.1) is 5.92 Å². The summed E-state index contributed by atoms with van der Waals surface area (Å²) in [6.45, 7) is 0.289. The summed E-state index contributed by atoms with van der Waals surface area (Å²) in [4.78, 5) is 29.5. The number of benzene rings is 2. The normalized spacial score (nSPS) is 12.0. The molecule has 7 nitrogen and oxygen atoms in total. The van der Waals surface area contributed by atoms with Gasteiger partial charge in [-0.15, -0.1) is 0 Å². The molecule has 10 heteroatoms. The molecule has 2 heterocycles. The van der Waals surface area contributed by atoms with Crippen LogP contribution in [0.15, 0.2) is 72.9 Å². The number of alkyl halides is 3. The monoisotopic (exact) mass is 498 g/mol. The van der Waals surface area contributed by atoms with Crippen LogP contribution in [0.5, 0.6) is 0 Å². The molecule has 4 aromatic rings. The molecule has 188 valence electrons. The van der Waals surface area contributed by atoms with E-state index < -0.39 is 23.6 Å². The summed E-state index contributed by atoms with van der Waals surface area (Å²) in [6.07, 6.45) is -1.32. The minimum absolute atomic E-state index is 0.250. The Kier molecular flexibility index (Phi) is 8.77. The zero-order valence-electron chi connectivity index (χ0n) is 19.2. The molecule has 0 saturated heterocycles. The Hall–Kier alpha value is -4.21. The quantitative estimate of drug-likeness (QED) is 0.348. The summed E-state index contributed by atoms with van der Waals surface area (Å²) in [5, 5.41) is 9.72. The van der Waals surface area contributed by atoms with E-state index in [0.717, 1.165) is 17.7 Å². The summed E-state index contributed by atoms with van der Waals surface area (Å²) < 4.78 is 40.5. The highest BCUT2D eigenvalue weighted by Gasteiger charge is 2.30. The molecule has 1 unspecified atom stereocenters. The molecule has 0 radical (unpaired) electrons. The number of aryl methyl sites for hydroxylation is 1. The van der Waals surface area contributed by atoms with Crippen LogP contribution in [0.3, 0.4) is 0 Å². The highest BCUT2D eigenvalue weighted by Crippen LogP contribution is 2.29. The van der Waals surface area contributed by atoms with E-state index in [4.69, 9.17) is 4.79 Å². The smallest absolute Gasteiger partial charge is 0.416 e. The van der Waals surface area contributed by atoms with E-state index in [9.17, 15) is 23.1 Å². The van der Waals surface area contributed by atoms with Crippen molar-refractivity contribution in [1.29, 1.82) is 0 Å². The van der Waals surface area contributed by atoms with Crippen molar-refractivity contribution in [2.24, 2.45) is 11.7 Å². The van der Waals surface area contributed by atoms with E-state index >= 15 is 0 Å². The number of nitrogens with zero attached hydrogens (tertiary/aromatic N) is 3. The Labute approximate surface area is 205 Å². The molecule has 0 aliphatic carbocycles. The van der Waals surface area contributed by atoms with E-state index in [1.165, 1.54) is 12.1 Å². The standard InChI is InChI=1S/C25H22F3N3O2.CH3NO/c26-25(27,28)20-11-8-18(9-12-20)16-31-22(30-21-7-4-14-29-23(21)31)13-10-19(24(32)33)15-17-5-2-1-3-6-17;2-1-3/h1-9,11-12,14,19H,10,13,15-16H2,(H,32,33);1H,(H2,2,3). The number of amides is 1. The molecular weight excluding hydrogens is 473 g/mol. The maximum absolute atomic E-state index is 12.9. The number of hydrogen-bond acceptors (Lipinski definition) is 4. The van der Waals surface area contributed by atoms with E-state index in [1.54, 1.807) is 12.3 Å². The van der Waals surface area contributed by atoms with Crippen LogP contribution in [0.25, 0.3) is 11.2 Å². The Balaban J connectivity index is 0.00000115. The van der Waals surface area contributed by atoms with Gasteiger partial charge >= 0.3 is 12.1 Å². The number of carbonyl (C=O) groups excluding carboxylic acids is 1. The number of aliphatic carboxylic acids is 1. The van der Waals surface area contributed by atoms with Crippen LogP contribution >= 0.6 is 0 Å². The van der Waals surface area contributed by atoms with Gasteiger partial charge in [0.1, 0.15) is 11.3 Å². The van der Waals surface area contributed by atoms with Gasteiger partial charge in [0.25, 0.3) is 0 Å². The molecular formula is C26H25F3N4O3. The van der Waals surface area contributed by atoms with Gasteiger partial charge in [0.2, 0.25) is 6.41 Å². The lowest BCUT2D eigenvalue weighted by Crippen LogP contribution is -2.18. The minimum atomic E-state index is -4.39. The summed E-state index contributed by atoms with van der Waals surface area (Å²) in [5.74, 6) is -0.801. The average molecular weight is 499 g/mol. The van der Waals surface area contributed by atoms with E-state index in [0.29, 0.717) is 41.8 Å². The number of halogens is 3. The predicted molar refractivity (Wildman–Crippen MR) is 128 cm³/mol. The molecule has 0 aliphatic rings. The number of imidazole rings is 1. The lowest BCUT2D eigenvalue weighted by molar-refractivity contribution is -0.142. The number of carboxylic acids is 1. The lowest BCUT2D eigenvalue weighted by atomic mass is 9.95. The molecule has 0 spiro atoms. The third-order valence-corrected chi connectivity index (χ3v) is 5.60. The molecule has 0 bridgehead atoms. The van der Waals surface area contributed by atoms with Crippen molar-refractivity contribution >= 4 is 23.5 Å². The molecule has 0 fully saturated rings. The third kappa shape index (κ3) is 6.91. The maximum atomic E-state index is 12.9. The highest BCUT2D eigenvalue weighted by molar-refractivity contribution is 5.72. The third-order valence-electron chi connectivity index (χ3n) is 5.60. The van der Waals surface area contributed by atoms with Crippen molar-refractivity contribution in [2.75, 3.05) is 0 Å². The number of nitrogens with two attached hydrogens (primary N) is 1. The Morgan fingerprint density at radius 2 is 1.69 bits per heavy atom. The number of fused-ring (bicyclic) bond motifs is 1. The molecule has 36 heavy (non-hydrogen) atoms. The highest BCUT2D eigenvalue weighted by atomic mass is 19.4. The predicted octanol–water partition coefficient (Wildman–Crippen LogP) is 4.48. The van der Waals surface area contributed by atoms with E-state index in [2.05, 4.69) is 15.7 Å². The van der Waals surface area contributed by atoms with Crippen LogP contribution in [-0.2, 0) is 35.2 Å². The first-order chi connectivity index (χ1) is 17.2. The second-order valence-corrected chi connectivity index (χ2v) is 8.05. The fraction of sp³-hybridized carbons (Fsp3) is 0.231. The number of hydrogen-bond donors (Lipinski definition) is 2. The SMILES string of the molecule is NC=O.O=C(O)C(CCc1nc2cccnc2n1Cc1ccc(C(F)(F)F)cc1)Cc1ccccc1.